The molecule has 9 aromatic rings. The van der Waals surface area contributed by atoms with Crippen LogP contribution >= 0.6 is 0 Å². The molecule has 8 aromatic carbocycles. The van der Waals surface area contributed by atoms with Gasteiger partial charge in [-0.05, 0) is 85.0 Å². The third kappa shape index (κ3) is 5.05. The summed E-state index contributed by atoms with van der Waals surface area (Å²) in [5.41, 5.74) is 14.3. The Kier molecular flexibility index (Phi) is 7.29. The maximum absolute atomic E-state index is 2.44. The van der Waals surface area contributed by atoms with Crippen LogP contribution in [0.1, 0.15) is 11.1 Å². The molecule has 1 heterocycles. The van der Waals surface area contributed by atoms with E-state index in [2.05, 4.69) is 205 Å². The van der Waals surface area contributed by atoms with Gasteiger partial charge < -0.3 is 9.47 Å². The maximum atomic E-state index is 2.44. The van der Waals surface area contributed by atoms with Crippen LogP contribution in [0, 0.1) is 13.8 Å². The molecule has 0 radical (unpaired) electrons. The number of aryl methyl sites for hydroxylation is 2. The minimum absolute atomic E-state index is 1.11. The lowest BCUT2D eigenvalue weighted by atomic mass is 9.99. The Morgan fingerprint density at radius 3 is 1.70 bits per heavy atom. The van der Waals surface area contributed by atoms with Crippen LogP contribution < -0.4 is 4.90 Å². The topological polar surface area (TPSA) is 8.17 Å². The van der Waals surface area contributed by atoms with E-state index in [9.17, 15) is 0 Å². The number of rotatable bonds is 6. The molecule has 0 aliphatic carbocycles. The van der Waals surface area contributed by atoms with Crippen molar-refractivity contribution in [1.82, 2.24) is 4.57 Å². The van der Waals surface area contributed by atoms with Crippen LogP contribution in [0.5, 0.6) is 0 Å². The van der Waals surface area contributed by atoms with E-state index in [-0.39, 0.29) is 0 Å². The molecule has 0 amide bonds. The highest BCUT2D eigenvalue weighted by Crippen LogP contribution is 2.44. The number of aromatic nitrogens is 1. The van der Waals surface area contributed by atoms with Gasteiger partial charge in [0.05, 0.1) is 28.1 Å². The quantitative estimate of drug-likeness (QED) is 0.176. The predicted octanol–water partition coefficient (Wildman–Crippen LogP) is 13.4. The third-order valence-electron chi connectivity index (χ3n) is 9.89. The first-order valence-electron chi connectivity index (χ1n) is 17.3. The Hall–Kier alpha value is -6.38. The molecule has 0 saturated carbocycles. The summed E-state index contributed by atoms with van der Waals surface area (Å²) in [4.78, 5) is 2.41. The van der Waals surface area contributed by atoms with Crippen molar-refractivity contribution in [3.05, 3.63) is 193 Å². The highest BCUT2D eigenvalue weighted by Gasteiger charge is 2.20. The van der Waals surface area contributed by atoms with Crippen molar-refractivity contribution < 1.29 is 0 Å². The molecular formula is C48H36N2. The van der Waals surface area contributed by atoms with Crippen molar-refractivity contribution in [3.8, 4) is 27.9 Å². The highest BCUT2D eigenvalue weighted by atomic mass is 15.1. The van der Waals surface area contributed by atoms with Crippen LogP contribution in [-0.2, 0) is 0 Å². The zero-order chi connectivity index (χ0) is 33.6. The Bertz CT molecular complexity index is 2600. The molecule has 1 aromatic heterocycles. The van der Waals surface area contributed by atoms with Crippen molar-refractivity contribution in [2.75, 3.05) is 4.90 Å². The fourth-order valence-corrected chi connectivity index (χ4v) is 7.55. The summed E-state index contributed by atoms with van der Waals surface area (Å²) in [5, 5.41) is 5.01. The van der Waals surface area contributed by atoms with Crippen molar-refractivity contribution in [2.24, 2.45) is 0 Å². The molecule has 50 heavy (non-hydrogen) atoms. The molecule has 2 heteroatoms. The van der Waals surface area contributed by atoms with Gasteiger partial charge in [0.15, 0.2) is 0 Å². The van der Waals surface area contributed by atoms with Gasteiger partial charge in [0.2, 0.25) is 0 Å². The van der Waals surface area contributed by atoms with Crippen molar-refractivity contribution in [1.29, 1.82) is 0 Å². The number of nitrogens with zero attached hydrogens (tertiary/aromatic N) is 2. The second-order valence-corrected chi connectivity index (χ2v) is 13.2. The highest BCUT2D eigenvalue weighted by molar-refractivity contribution is 6.10. The van der Waals surface area contributed by atoms with E-state index in [4.69, 9.17) is 0 Å². The van der Waals surface area contributed by atoms with Gasteiger partial charge in [-0.1, -0.05) is 139 Å². The lowest BCUT2D eigenvalue weighted by molar-refractivity contribution is 1.18. The van der Waals surface area contributed by atoms with E-state index in [1.165, 1.54) is 71.6 Å². The smallest absolute Gasteiger partial charge is 0.0541 e. The van der Waals surface area contributed by atoms with E-state index in [0.717, 1.165) is 17.1 Å². The third-order valence-corrected chi connectivity index (χ3v) is 9.89. The number of hydrogen-bond donors (Lipinski definition) is 0. The summed E-state index contributed by atoms with van der Waals surface area (Å²) < 4.78 is 2.44. The van der Waals surface area contributed by atoms with Gasteiger partial charge in [-0.3, -0.25) is 0 Å². The molecule has 0 fully saturated rings. The van der Waals surface area contributed by atoms with Crippen molar-refractivity contribution in [3.63, 3.8) is 0 Å². The van der Waals surface area contributed by atoms with Crippen LogP contribution in [0.15, 0.2) is 182 Å². The average Bonchev–Trinajstić information content (AvgIpc) is 3.48. The van der Waals surface area contributed by atoms with Gasteiger partial charge in [0.1, 0.15) is 0 Å². The van der Waals surface area contributed by atoms with Gasteiger partial charge in [0.25, 0.3) is 0 Å². The summed E-state index contributed by atoms with van der Waals surface area (Å²) >= 11 is 0. The molecule has 2 nitrogen and oxygen atoms in total. The molecule has 0 spiro atoms. The summed E-state index contributed by atoms with van der Waals surface area (Å²) in [6, 6.07) is 66.2. The van der Waals surface area contributed by atoms with E-state index < -0.39 is 0 Å². The normalized spacial score (nSPS) is 11.4. The molecule has 0 saturated heterocycles. The Balaban J connectivity index is 1.22. The molecular weight excluding hydrogens is 605 g/mol. The van der Waals surface area contributed by atoms with Gasteiger partial charge in [0, 0.05) is 33.0 Å². The second-order valence-electron chi connectivity index (χ2n) is 13.2. The first-order chi connectivity index (χ1) is 24.6. The first-order valence-corrected chi connectivity index (χ1v) is 17.3. The predicted molar refractivity (Wildman–Crippen MR) is 213 cm³/mol. The Morgan fingerprint density at radius 1 is 0.400 bits per heavy atom. The molecule has 0 N–H and O–H groups in total. The van der Waals surface area contributed by atoms with E-state index in [0.29, 0.717) is 0 Å². The van der Waals surface area contributed by atoms with Crippen molar-refractivity contribution >= 4 is 49.6 Å². The zero-order valence-electron chi connectivity index (χ0n) is 28.2. The fraction of sp³-hybridized carbons (Fsp3) is 0.0417. The van der Waals surface area contributed by atoms with Crippen LogP contribution in [0.4, 0.5) is 17.1 Å². The number of hydrogen-bond acceptors (Lipinski definition) is 1. The van der Waals surface area contributed by atoms with Gasteiger partial charge in [-0.25, -0.2) is 0 Å². The van der Waals surface area contributed by atoms with Gasteiger partial charge >= 0.3 is 0 Å². The minimum atomic E-state index is 1.11. The summed E-state index contributed by atoms with van der Waals surface area (Å²) in [7, 11) is 0. The SMILES string of the molecule is Cc1ccc2c(c1)c1cc(C)ccc1n2-c1ccccc1-c1ccc(N(c2ccccc2-c2ccccc2)c2cccc3ccccc23)cc1. The van der Waals surface area contributed by atoms with Gasteiger partial charge in [-0.2, -0.15) is 0 Å². The number of benzene rings is 8. The second kappa shape index (κ2) is 12.3. The summed E-state index contributed by atoms with van der Waals surface area (Å²) in [6.07, 6.45) is 0. The number of fused-ring (bicyclic) bond motifs is 4. The van der Waals surface area contributed by atoms with Crippen LogP contribution in [0.2, 0.25) is 0 Å². The molecule has 238 valence electrons. The first kappa shape index (κ1) is 29.7. The molecule has 0 bridgehead atoms. The lowest BCUT2D eigenvalue weighted by Crippen LogP contribution is -2.11. The van der Waals surface area contributed by atoms with Crippen molar-refractivity contribution in [2.45, 2.75) is 13.8 Å². The van der Waals surface area contributed by atoms with E-state index in [1.807, 2.05) is 0 Å². The molecule has 0 aliphatic heterocycles. The monoisotopic (exact) mass is 640 g/mol. The standard InChI is InChI=1S/C48H36N2/c1-33-23-29-47-42(31-33)43-32-34(2)24-30-48(43)50(47)46-21-11-9-19-41(46)37-25-27-38(28-26-37)49(45-22-12-16-36-15-6-7-17-40(36)45)44-20-10-8-18-39(44)35-13-4-3-5-14-35/h3-32H,1-2H3. The van der Waals surface area contributed by atoms with E-state index >= 15 is 0 Å². The van der Waals surface area contributed by atoms with Crippen LogP contribution in [0.3, 0.4) is 0 Å². The molecule has 9 rings (SSSR count). The Labute approximate surface area is 293 Å². The molecule has 0 unspecified atom stereocenters. The average molecular weight is 641 g/mol. The molecule has 0 atom stereocenters. The molecule has 0 aliphatic rings. The van der Waals surface area contributed by atoms with Crippen LogP contribution in [-0.4, -0.2) is 4.57 Å². The number of para-hydroxylation sites is 2. The minimum Gasteiger partial charge on any atom is -0.309 e. The lowest BCUT2D eigenvalue weighted by Gasteiger charge is -2.29. The van der Waals surface area contributed by atoms with Crippen LogP contribution in [0.25, 0.3) is 60.5 Å². The Morgan fingerprint density at radius 2 is 0.960 bits per heavy atom. The van der Waals surface area contributed by atoms with E-state index in [1.54, 1.807) is 0 Å². The number of anilines is 3. The largest absolute Gasteiger partial charge is 0.309 e. The maximum Gasteiger partial charge on any atom is 0.0541 e. The fourth-order valence-electron chi connectivity index (χ4n) is 7.55. The summed E-state index contributed by atoms with van der Waals surface area (Å²) in [5.74, 6) is 0. The zero-order valence-corrected chi connectivity index (χ0v) is 28.2. The van der Waals surface area contributed by atoms with Gasteiger partial charge in [-0.15, -0.1) is 0 Å². The summed E-state index contributed by atoms with van der Waals surface area (Å²) in [6.45, 7) is 4.35.